The first-order valence-electron chi connectivity index (χ1n) is 10.4. The molecule has 0 aliphatic carbocycles. The maximum Gasteiger partial charge on any atom is 0.236 e. The molecule has 0 heterocycles. The number of anilines is 1. The Morgan fingerprint density at radius 2 is 1.48 bits per heavy atom. The van der Waals surface area contributed by atoms with Crippen LogP contribution in [0.25, 0.3) is 0 Å². The van der Waals surface area contributed by atoms with E-state index in [9.17, 15) is 4.79 Å². The summed E-state index contributed by atoms with van der Waals surface area (Å²) >= 11 is 0. The quantitative estimate of drug-likeness (QED) is 0.408. The molecule has 0 unspecified atom stereocenters. The van der Waals surface area contributed by atoms with Crippen LogP contribution in [0.1, 0.15) is 49.7 Å². The van der Waals surface area contributed by atoms with E-state index in [0.29, 0.717) is 6.61 Å². The summed E-state index contributed by atoms with van der Waals surface area (Å²) in [4.78, 5) is 13.2. The number of rotatable bonds is 10. The lowest BCUT2D eigenvalue weighted by Gasteiger charge is -2.18. The highest BCUT2D eigenvalue weighted by Gasteiger charge is 2.22. The minimum absolute atomic E-state index is 0.0532. The molecule has 150 valence electrons. The Balaban J connectivity index is 1.71. The first-order chi connectivity index (χ1) is 14.3. The van der Waals surface area contributed by atoms with Crippen molar-refractivity contribution in [3.63, 3.8) is 0 Å². The highest BCUT2D eigenvalue weighted by Crippen LogP contribution is 2.27. The van der Waals surface area contributed by atoms with E-state index in [0.717, 1.165) is 29.0 Å². The van der Waals surface area contributed by atoms with Crippen LogP contribution >= 0.6 is 0 Å². The topological polar surface area (TPSA) is 38.3 Å². The van der Waals surface area contributed by atoms with Gasteiger partial charge in [0.15, 0.2) is 0 Å². The van der Waals surface area contributed by atoms with Crippen LogP contribution in [0.2, 0.25) is 0 Å². The Bertz CT molecular complexity index is 838. The molecule has 3 rings (SSSR count). The number of carbonyl (C=O) groups excluding carboxylic acids is 1. The summed E-state index contributed by atoms with van der Waals surface area (Å²) in [5.41, 5.74) is 2.69. The molecule has 29 heavy (non-hydrogen) atoms. The van der Waals surface area contributed by atoms with E-state index in [-0.39, 0.29) is 11.8 Å². The minimum Gasteiger partial charge on any atom is -0.494 e. The molecule has 0 aromatic heterocycles. The molecule has 3 nitrogen and oxygen atoms in total. The average Bonchev–Trinajstić information content (AvgIpc) is 2.76. The van der Waals surface area contributed by atoms with Gasteiger partial charge in [-0.15, -0.1) is 0 Å². The Morgan fingerprint density at radius 3 is 2.10 bits per heavy atom. The van der Waals surface area contributed by atoms with E-state index < -0.39 is 0 Å². The molecule has 0 aliphatic rings. The van der Waals surface area contributed by atoms with Crippen LogP contribution < -0.4 is 10.1 Å². The van der Waals surface area contributed by atoms with E-state index in [2.05, 4.69) is 12.2 Å². The molecule has 0 fully saturated rings. The van der Waals surface area contributed by atoms with Gasteiger partial charge in [0, 0.05) is 11.8 Å². The summed E-state index contributed by atoms with van der Waals surface area (Å²) in [5.74, 6) is 0.369. The molecular weight excluding hydrogens is 358 g/mol. The molecule has 0 saturated heterocycles. The molecule has 1 N–H and O–H groups in total. The first-order valence-corrected chi connectivity index (χ1v) is 10.4. The maximum absolute atomic E-state index is 13.2. The van der Waals surface area contributed by atoms with Crippen molar-refractivity contribution in [3.05, 3.63) is 96.1 Å². The van der Waals surface area contributed by atoms with Gasteiger partial charge < -0.3 is 10.1 Å². The second kappa shape index (κ2) is 11.1. The number of ether oxygens (including phenoxy) is 1. The third kappa shape index (κ3) is 6.21. The van der Waals surface area contributed by atoms with Gasteiger partial charge in [-0.1, -0.05) is 92.9 Å². The number of carbonyl (C=O) groups is 1. The largest absolute Gasteiger partial charge is 0.494 e. The van der Waals surface area contributed by atoms with E-state index in [1.165, 1.54) is 19.3 Å². The van der Waals surface area contributed by atoms with Crippen molar-refractivity contribution in [3.8, 4) is 5.75 Å². The van der Waals surface area contributed by atoms with Crippen LogP contribution in [0.4, 0.5) is 5.69 Å². The zero-order valence-corrected chi connectivity index (χ0v) is 17.0. The summed E-state index contributed by atoms with van der Waals surface area (Å²) in [6.45, 7) is 2.90. The molecule has 0 aliphatic heterocycles. The maximum atomic E-state index is 13.2. The number of nitrogens with one attached hydrogen (secondary N) is 1. The Hall–Kier alpha value is -3.07. The monoisotopic (exact) mass is 387 g/mol. The lowest BCUT2D eigenvalue weighted by molar-refractivity contribution is -0.116. The fourth-order valence-corrected chi connectivity index (χ4v) is 3.38. The molecule has 1 amide bonds. The number of unbranched alkanes of at least 4 members (excludes halogenated alkanes) is 3. The summed E-state index contributed by atoms with van der Waals surface area (Å²) in [6.07, 6.45) is 4.68. The highest BCUT2D eigenvalue weighted by molar-refractivity contribution is 5.98. The smallest absolute Gasteiger partial charge is 0.236 e. The van der Waals surface area contributed by atoms with Gasteiger partial charge in [-0.2, -0.15) is 0 Å². The van der Waals surface area contributed by atoms with Gasteiger partial charge in [0.05, 0.1) is 12.5 Å². The van der Waals surface area contributed by atoms with Crippen molar-refractivity contribution in [2.75, 3.05) is 11.9 Å². The number of amides is 1. The molecule has 0 spiro atoms. The van der Waals surface area contributed by atoms with Gasteiger partial charge in [0.25, 0.3) is 0 Å². The fraction of sp³-hybridized carbons (Fsp3) is 0.269. The van der Waals surface area contributed by atoms with Gasteiger partial charge in [0.2, 0.25) is 5.91 Å². The Labute approximate surface area is 173 Å². The zero-order valence-electron chi connectivity index (χ0n) is 17.0. The van der Waals surface area contributed by atoms with E-state index >= 15 is 0 Å². The molecule has 0 bridgehead atoms. The van der Waals surface area contributed by atoms with Crippen molar-refractivity contribution < 1.29 is 9.53 Å². The zero-order chi connectivity index (χ0) is 20.3. The molecule has 0 atom stereocenters. The average molecular weight is 388 g/mol. The third-order valence-corrected chi connectivity index (χ3v) is 4.90. The van der Waals surface area contributed by atoms with Crippen LogP contribution in [-0.2, 0) is 4.79 Å². The second-order valence-corrected chi connectivity index (χ2v) is 7.18. The second-order valence-electron chi connectivity index (χ2n) is 7.18. The normalized spacial score (nSPS) is 10.7. The van der Waals surface area contributed by atoms with Crippen molar-refractivity contribution in [1.29, 1.82) is 0 Å². The molecular formula is C26H29NO2. The molecule has 0 radical (unpaired) electrons. The van der Waals surface area contributed by atoms with Crippen molar-refractivity contribution in [1.82, 2.24) is 0 Å². The van der Waals surface area contributed by atoms with Gasteiger partial charge in [-0.25, -0.2) is 0 Å². The number of hydrogen-bond donors (Lipinski definition) is 1. The molecule has 3 aromatic rings. The molecule has 0 saturated carbocycles. The predicted molar refractivity (Wildman–Crippen MR) is 119 cm³/mol. The summed E-state index contributed by atoms with van der Waals surface area (Å²) in [7, 11) is 0. The van der Waals surface area contributed by atoms with Crippen LogP contribution in [-0.4, -0.2) is 12.5 Å². The van der Waals surface area contributed by atoms with Crippen LogP contribution in [0.5, 0.6) is 5.75 Å². The van der Waals surface area contributed by atoms with Gasteiger partial charge in [-0.05, 0) is 29.7 Å². The van der Waals surface area contributed by atoms with E-state index in [1.54, 1.807) is 0 Å². The van der Waals surface area contributed by atoms with Crippen LogP contribution in [0, 0.1) is 0 Å². The summed E-state index contributed by atoms with van der Waals surface area (Å²) in [5, 5.41) is 3.07. The lowest BCUT2D eigenvalue weighted by atomic mass is 9.90. The summed E-state index contributed by atoms with van der Waals surface area (Å²) < 4.78 is 5.85. The van der Waals surface area contributed by atoms with E-state index in [4.69, 9.17) is 4.74 Å². The Kier molecular flexibility index (Phi) is 7.88. The number of hydrogen-bond acceptors (Lipinski definition) is 2. The van der Waals surface area contributed by atoms with Crippen molar-refractivity contribution in [2.45, 2.75) is 38.5 Å². The predicted octanol–water partition coefficient (Wildman–Crippen LogP) is 6.42. The van der Waals surface area contributed by atoms with Gasteiger partial charge in [0.1, 0.15) is 5.75 Å². The summed E-state index contributed by atoms with van der Waals surface area (Å²) in [6, 6.07) is 27.4. The minimum atomic E-state index is -0.365. The molecule has 3 heteroatoms. The number of benzene rings is 3. The fourth-order valence-electron chi connectivity index (χ4n) is 3.38. The lowest BCUT2D eigenvalue weighted by Crippen LogP contribution is -2.22. The Morgan fingerprint density at radius 1 is 0.828 bits per heavy atom. The molecule has 3 aromatic carbocycles. The first kappa shape index (κ1) is 20.7. The standard InChI is InChI=1S/C26H29NO2/c1-2-3-4-11-19-29-24-18-12-17-23(20-24)27-26(28)25(21-13-7-5-8-14-21)22-15-9-6-10-16-22/h5-10,12-18,20,25H,2-4,11,19H2,1H3,(H,27,28). The van der Waals surface area contributed by atoms with Gasteiger partial charge in [-0.3, -0.25) is 4.79 Å². The van der Waals surface area contributed by atoms with Crippen molar-refractivity contribution >= 4 is 11.6 Å². The van der Waals surface area contributed by atoms with Crippen LogP contribution in [0.3, 0.4) is 0 Å². The third-order valence-electron chi connectivity index (χ3n) is 4.90. The highest BCUT2D eigenvalue weighted by atomic mass is 16.5. The van der Waals surface area contributed by atoms with Crippen molar-refractivity contribution in [2.24, 2.45) is 0 Å². The van der Waals surface area contributed by atoms with Gasteiger partial charge >= 0.3 is 0 Å². The van der Waals surface area contributed by atoms with Crippen LogP contribution in [0.15, 0.2) is 84.9 Å². The van der Waals surface area contributed by atoms with E-state index in [1.807, 2.05) is 84.9 Å². The SMILES string of the molecule is CCCCCCOc1cccc(NC(=O)C(c2ccccc2)c2ccccc2)c1.